The van der Waals surface area contributed by atoms with Gasteiger partial charge < -0.3 is 20.0 Å². The van der Waals surface area contributed by atoms with Crippen LogP contribution in [0.2, 0.25) is 0 Å². The van der Waals surface area contributed by atoms with Crippen LogP contribution in [0.15, 0.2) is 6.20 Å². The van der Waals surface area contributed by atoms with E-state index in [0.717, 1.165) is 18.7 Å². The predicted molar refractivity (Wildman–Crippen MR) is 87.8 cm³/mol. The van der Waals surface area contributed by atoms with Gasteiger partial charge in [-0.15, -0.1) is 0 Å². The minimum Gasteiger partial charge on any atom is -0.506 e. The number of aryl methyl sites for hydroxylation is 1. The summed E-state index contributed by atoms with van der Waals surface area (Å²) >= 11 is 0. The van der Waals surface area contributed by atoms with Gasteiger partial charge in [-0.3, -0.25) is 4.98 Å². The van der Waals surface area contributed by atoms with Crippen molar-refractivity contribution in [2.24, 2.45) is 0 Å². The van der Waals surface area contributed by atoms with Crippen LogP contribution < -0.4 is 0 Å². The van der Waals surface area contributed by atoms with Gasteiger partial charge in [0.1, 0.15) is 5.75 Å². The molecule has 1 aliphatic rings. The van der Waals surface area contributed by atoms with Gasteiger partial charge in [-0.25, -0.2) is 0 Å². The van der Waals surface area contributed by atoms with E-state index in [1.54, 1.807) is 13.1 Å². The van der Waals surface area contributed by atoms with Crippen molar-refractivity contribution in [1.82, 2.24) is 14.8 Å². The first-order valence-corrected chi connectivity index (χ1v) is 8.30. The van der Waals surface area contributed by atoms with Crippen LogP contribution in [0.1, 0.15) is 42.5 Å². The summed E-state index contributed by atoms with van der Waals surface area (Å²) in [4.78, 5) is 8.85. The second-order valence-corrected chi connectivity index (χ2v) is 6.35. The van der Waals surface area contributed by atoms with Gasteiger partial charge in [0.2, 0.25) is 0 Å². The Balaban J connectivity index is 1.91. The SMILES string of the molecule is Cc1ncc(CO)c(CN(C)CCN2CCCCCC2)c1O. The lowest BCUT2D eigenvalue weighted by molar-refractivity contribution is 0.223. The Hall–Kier alpha value is -1.17. The predicted octanol–water partition coefficient (Wildman–Crippen LogP) is 1.90. The number of aromatic hydroxyl groups is 1. The Labute approximate surface area is 133 Å². The Kier molecular flexibility index (Phi) is 6.61. The van der Waals surface area contributed by atoms with Crippen LogP contribution in [0.4, 0.5) is 0 Å². The van der Waals surface area contributed by atoms with Crippen LogP contribution in [0.5, 0.6) is 5.75 Å². The van der Waals surface area contributed by atoms with Crippen molar-refractivity contribution in [3.05, 3.63) is 23.0 Å². The second kappa shape index (κ2) is 8.46. The molecule has 22 heavy (non-hydrogen) atoms. The summed E-state index contributed by atoms with van der Waals surface area (Å²) in [6.45, 7) is 6.78. The molecule has 0 radical (unpaired) electrons. The first-order chi connectivity index (χ1) is 10.6. The Morgan fingerprint density at radius 2 is 1.91 bits per heavy atom. The Bertz CT molecular complexity index is 471. The molecule has 0 saturated carbocycles. The molecular formula is C17H29N3O2. The number of aliphatic hydroxyl groups excluding tert-OH is 1. The van der Waals surface area contributed by atoms with Gasteiger partial charge in [0, 0.05) is 37.0 Å². The number of likely N-dealkylation sites (tertiary alicyclic amines) is 1. The van der Waals surface area contributed by atoms with Gasteiger partial charge in [0.15, 0.2) is 0 Å². The number of likely N-dealkylation sites (N-methyl/N-ethyl adjacent to an activating group) is 1. The van der Waals surface area contributed by atoms with Crippen molar-refractivity contribution in [3.8, 4) is 5.75 Å². The molecule has 0 aliphatic carbocycles. The van der Waals surface area contributed by atoms with Gasteiger partial charge in [0.05, 0.1) is 12.3 Å². The van der Waals surface area contributed by atoms with E-state index in [1.165, 1.54) is 38.8 Å². The monoisotopic (exact) mass is 307 g/mol. The highest BCUT2D eigenvalue weighted by Gasteiger charge is 2.14. The molecule has 0 bridgehead atoms. The lowest BCUT2D eigenvalue weighted by Gasteiger charge is -2.25. The van der Waals surface area contributed by atoms with E-state index < -0.39 is 0 Å². The van der Waals surface area contributed by atoms with Gasteiger partial charge in [0.25, 0.3) is 0 Å². The minimum absolute atomic E-state index is 0.0872. The molecule has 0 atom stereocenters. The molecule has 0 unspecified atom stereocenters. The third-order valence-electron chi connectivity index (χ3n) is 4.53. The number of rotatable bonds is 6. The molecule has 2 N–H and O–H groups in total. The molecule has 1 aliphatic heterocycles. The van der Waals surface area contributed by atoms with Gasteiger partial charge >= 0.3 is 0 Å². The fourth-order valence-corrected chi connectivity index (χ4v) is 3.02. The molecule has 2 rings (SSSR count). The summed E-state index contributed by atoms with van der Waals surface area (Å²) in [7, 11) is 2.06. The Morgan fingerprint density at radius 3 is 2.55 bits per heavy atom. The maximum absolute atomic E-state index is 10.2. The van der Waals surface area contributed by atoms with Crippen molar-refractivity contribution >= 4 is 0 Å². The van der Waals surface area contributed by atoms with E-state index in [-0.39, 0.29) is 12.4 Å². The molecule has 1 fully saturated rings. The summed E-state index contributed by atoms with van der Waals surface area (Å²) < 4.78 is 0. The summed E-state index contributed by atoms with van der Waals surface area (Å²) in [6, 6.07) is 0. The summed E-state index contributed by atoms with van der Waals surface area (Å²) in [6.07, 6.45) is 6.99. The van der Waals surface area contributed by atoms with Gasteiger partial charge in [-0.1, -0.05) is 12.8 Å². The first kappa shape index (κ1) is 17.2. The van der Waals surface area contributed by atoms with Crippen LogP contribution in [0.25, 0.3) is 0 Å². The summed E-state index contributed by atoms with van der Waals surface area (Å²) in [5, 5.41) is 19.6. The van der Waals surface area contributed by atoms with E-state index in [1.807, 2.05) is 0 Å². The molecular weight excluding hydrogens is 278 g/mol. The largest absolute Gasteiger partial charge is 0.506 e. The maximum atomic E-state index is 10.2. The zero-order chi connectivity index (χ0) is 15.9. The number of hydrogen-bond acceptors (Lipinski definition) is 5. The van der Waals surface area contributed by atoms with Crippen LogP contribution in [-0.2, 0) is 13.2 Å². The normalized spacial score (nSPS) is 16.9. The molecule has 124 valence electrons. The number of hydrogen-bond donors (Lipinski definition) is 2. The summed E-state index contributed by atoms with van der Waals surface area (Å²) in [5.74, 6) is 0.216. The average Bonchev–Trinajstić information content (AvgIpc) is 2.79. The number of nitrogens with zero attached hydrogens (tertiary/aromatic N) is 3. The number of aromatic nitrogens is 1. The minimum atomic E-state index is -0.0872. The van der Waals surface area contributed by atoms with E-state index in [2.05, 4.69) is 21.8 Å². The fourth-order valence-electron chi connectivity index (χ4n) is 3.02. The molecule has 2 heterocycles. The zero-order valence-electron chi connectivity index (χ0n) is 13.9. The topological polar surface area (TPSA) is 59.8 Å². The zero-order valence-corrected chi connectivity index (χ0v) is 13.9. The molecule has 0 aromatic carbocycles. The quantitative estimate of drug-likeness (QED) is 0.840. The van der Waals surface area contributed by atoms with E-state index >= 15 is 0 Å². The summed E-state index contributed by atoms with van der Waals surface area (Å²) in [5.41, 5.74) is 2.13. The van der Waals surface area contributed by atoms with Crippen molar-refractivity contribution in [2.45, 2.75) is 45.8 Å². The highest BCUT2D eigenvalue weighted by molar-refractivity contribution is 5.40. The van der Waals surface area contributed by atoms with Gasteiger partial charge in [-0.2, -0.15) is 0 Å². The van der Waals surface area contributed by atoms with Crippen molar-refractivity contribution < 1.29 is 10.2 Å². The van der Waals surface area contributed by atoms with Crippen molar-refractivity contribution in [2.75, 3.05) is 33.2 Å². The van der Waals surface area contributed by atoms with E-state index in [0.29, 0.717) is 17.8 Å². The molecule has 5 nitrogen and oxygen atoms in total. The van der Waals surface area contributed by atoms with Crippen molar-refractivity contribution in [3.63, 3.8) is 0 Å². The number of aliphatic hydroxyl groups is 1. The lowest BCUT2D eigenvalue weighted by atomic mass is 10.1. The fraction of sp³-hybridized carbons (Fsp3) is 0.706. The van der Waals surface area contributed by atoms with Crippen LogP contribution >= 0.6 is 0 Å². The molecule has 0 amide bonds. The molecule has 5 heteroatoms. The molecule has 0 spiro atoms. The second-order valence-electron chi connectivity index (χ2n) is 6.35. The third-order valence-corrected chi connectivity index (χ3v) is 4.53. The van der Waals surface area contributed by atoms with E-state index in [4.69, 9.17) is 0 Å². The van der Waals surface area contributed by atoms with E-state index in [9.17, 15) is 10.2 Å². The first-order valence-electron chi connectivity index (χ1n) is 8.30. The third kappa shape index (κ3) is 4.66. The highest BCUT2D eigenvalue weighted by Crippen LogP contribution is 2.25. The van der Waals surface area contributed by atoms with Crippen LogP contribution in [0.3, 0.4) is 0 Å². The standard InChI is InChI=1S/C17H29N3O2/c1-14-17(22)16(15(13-21)11-18-14)12-19(2)9-10-20-7-5-3-4-6-8-20/h11,21-22H,3-10,12-13H2,1-2H3. The Morgan fingerprint density at radius 1 is 1.23 bits per heavy atom. The smallest absolute Gasteiger partial charge is 0.141 e. The number of pyridine rings is 1. The highest BCUT2D eigenvalue weighted by atomic mass is 16.3. The van der Waals surface area contributed by atoms with Gasteiger partial charge in [-0.05, 0) is 39.9 Å². The van der Waals surface area contributed by atoms with Crippen molar-refractivity contribution in [1.29, 1.82) is 0 Å². The van der Waals surface area contributed by atoms with Crippen LogP contribution in [-0.4, -0.2) is 58.2 Å². The maximum Gasteiger partial charge on any atom is 0.141 e. The average molecular weight is 307 g/mol. The molecule has 1 aromatic rings. The molecule has 1 saturated heterocycles. The molecule has 1 aromatic heterocycles. The van der Waals surface area contributed by atoms with Crippen LogP contribution in [0, 0.1) is 6.92 Å². The lowest BCUT2D eigenvalue weighted by Crippen LogP contribution is -2.33.